The molecule has 0 unspecified atom stereocenters. The molecule has 0 aliphatic heterocycles. The number of rotatable bonds is 9. The summed E-state index contributed by atoms with van der Waals surface area (Å²) in [6.07, 6.45) is -1.34. The monoisotopic (exact) mass is 624 g/mol. The molecule has 5 rings (SSSR count). The summed E-state index contributed by atoms with van der Waals surface area (Å²) in [4.78, 5) is 40.6. The molecule has 0 aliphatic carbocycles. The van der Waals surface area contributed by atoms with Crippen molar-refractivity contribution in [3.05, 3.63) is 148 Å². The molecule has 0 saturated carbocycles. The topological polar surface area (TPSA) is 75.3 Å². The van der Waals surface area contributed by atoms with Crippen LogP contribution in [0.5, 0.6) is 0 Å². The first kappa shape index (κ1) is 31.2. The largest absolute Gasteiger partial charge is 0.416 e. The van der Waals surface area contributed by atoms with E-state index >= 15 is 0 Å². The number of anilines is 2. The highest BCUT2D eigenvalue weighted by Crippen LogP contribution is 2.33. The fraction of sp³-hybridized carbons (Fsp3) is 0.0833. The molecule has 2 amide bonds. The Morgan fingerprint density at radius 3 is 2.20 bits per heavy atom. The van der Waals surface area contributed by atoms with Gasteiger partial charge in [0.25, 0.3) is 0 Å². The maximum atomic E-state index is 13.4. The molecule has 9 heteroatoms. The van der Waals surface area contributed by atoms with Gasteiger partial charge in [-0.25, -0.2) is 0 Å². The van der Waals surface area contributed by atoms with Crippen molar-refractivity contribution in [2.24, 2.45) is 0 Å². The minimum absolute atomic E-state index is 0.131. The zero-order valence-corrected chi connectivity index (χ0v) is 24.8. The van der Waals surface area contributed by atoms with Gasteiger partial charge in [-0.1, -0.05) is 72.3 Å². The van der Waals surface area contributed by atoms with Gasteiger partial charge in [-0.15, -0.1) is 11.3 Å². The van der Waals surface area contributed by atoms with E-state index < -0.39 is 17.6 Å². The van der Waals surface area contributed by atoms with Crippen molar-refractivity contribution in [1.82, 2.24) is 0 Å². The van der Waals surface area contributed by atoms with Crippen LogP contribution in [-0.4, -0.2) is 17.6 Å². The van der Waals surface area contributed by atoms with Crippen molar-refractivity contribution in [3.63, 3.8) is 0 Å². The van der Waals surface area contributed by atoms with Gasteiger partial charge >= 0.3 is 6.18 Å². The Hall–Kier alpha value is -5.28. The molecule has 1 aromatic heterocycles. The Labute approximate surface area is 262 Å². The van der Waals surface area contributed by atoms with Gasteiger partial charge in [0.2, 0.25) is 11.8 Å². The van der Waals surface area contributed by atoms with Crippen molar-refractivity contribution in [2.75, 3.05) is 10.6 Å². The second-order valence-electron chi connectivity index (χ2n) is 10.3. The van der Waals surface area contributed by atoms with Crippen LogP contribution in [0.4, 0.5) is 24.5 Å². The first-order valence-corrected chi connectivity index (χ1v) is 14.7. The van der Waals surface area contributed by atoms with Gasteiger partial charge in [0.15, 0.2) is 5.78 Å². The van der Waals surface area contributed by atoms with Crippen LogP contribution in [0.2, 0.25) is 0 Å². The highest BCUT2D eigenvalue weighted by atomic mass is 32.1. The van der Waals surface area contributed by atoms with Crippen LogP contribution >= 0.6 is 11.3 Å². The summed E-state index contributed by atoms with van der Waals surface area (Å²) in [6.45, 7) is 1.96. The molecule has 0 atom stereocenters. The Bertz CT molecular complexity index is 1860. The van der Waals surface area contributed by atoms with E-state index in [-0.39, 0.29) is 23.7 Å². The molecule has 5 nitrogen and oxygen atoms in total. The number of aryl methyl sites for hydroxylation is 1. The highest BCUT2D eigenvalue weighted by Gasteiger charge is 2.30. The predicted octanol–water partition coefficient (Wildman–Crippen LogP) is 8.81. The second-order valence-corrected chi connectivity index (χ2v) is 11.4. The highest BCUT2D eigenvalue weighted by molar-refractivity contribution is 7.16. The van der Waals surface area contributed by atoms with E-state index in [1.54, 1.807) is 60.7 Å². The minimum atomic E-state index is -4.40. The van der Waals surface area contributed by atoms with E-state index in [9.17, 15) is 27.6 Å². The second kappa shape index (κ2) is 13.6. The van der Waals surface area contributed by atoms with Gasteiger partial charge in [0.1, 0.15) is 0 Å². The Balaban J connectivity index is 1.30. The first-order chi connectivity index (χ1) is 21.5. The summed E-state index contributed by atoms with van der Waals surface area (Å²) in [5.41, 5.74) is 3.17. The summed E-state index contributed by atoms with van der Waals surface area (Å²) < 4.78 is 38.6. The van der Waals surface area contributed by atoms with E-state index in [1.807, 2.05) is 31.2 Å². The van der Waals surface area contributed by atoms with Gasteiger partial charge < -0.3 is 10.6 Å². The maximum absolute atomic E-state index is 13.4. The zero-order valence-electron chi connectivity index (χ0n) is 24.0. The molecule has 0 radical (unpaired) electrons. The van der Waals surface area contributed by atoms with Crippen molar-refractivity contribution in [2.45, 2.75) is 19.5 Å². The number of carbonyl (C=O) groups excluding carboxylic acids is 3. The van der Waals surface area contributed by atoms with Crippen LogP contribution in [-0.2, 0) is 22.2 Å². The summed E-state index contributed by atoms with van der Waals surface area (Å²) in [5.74, 6) is -1.05. The van der Waals surface area contributed by atoms with Gasteiger partial charge in [0, 0.05) is 32.6 Å². The summed E-state index contributed by atoms with van der Waals surface area (Å²) in [5, 5.41) is 5.59. The number of nitrogens with one attached hydrogen (secondary N) is 2. The van der Waals surface area contributed by atoms with Crippen LogP contribution in [0.1, 0.15) is 37.5 Å². The number of benzene rings is 4. The lowest BCUT2D eigenvalue weighted by molar-refractivity contribution is -0.137. The van der Waals surface area contributed by atoms with Gasteiger partial charge in [0.05, 0.1) is 17.7 Å². The number of thiophene rings is 1. The van der Waals surface area contributed by atoms with E-state index in [0.717, 1.165) is 33.0 Å². The summed E-state index contributed by atoms with van der Waals surface area (Å²) in [6, 6.07) is 29.4. The molecule has 0 saturated heterocycles. The maximum Gasteiger partial charge on any atom is 0.416 e. The third kappa shape index (κ3) is 8.21. The minimum Gasteiger partial charge on any atom is -0.325 e. The summed E-state index contributed by atoms with van der Waals surface area (Å²) >= 11 is 1.33. The quantitative estimate of drug-likeness (QED) is 0.127. The first-order valence-electron chi connectivity index (χ1n) is 13.9. The summed E-state index contributed by atoms with van der Waals surface area (Å²) in [7, 11) is 0. The number of alkyl halides is 3. The molecule has 0 spiro atoms. The lowest BCUT2D eigenvalue weighted by Gasteiger charge is -2.13. The smallest absolute Gasteiger partial charge is 0.325 e. The standard InChI is InChI=1S/C36H27F3N2O3S/c1-23-7-9-24(10-8-23)21-34(43)41-31-18-15-28(22-30(31)35(44)26-5-3-2-4-6-26)40-33(42)20-17-29-16-19-32(45-29)25-11-13-27(14-12-25)36(37,38)39/h2-20,22H,21H2,1H3,(H,40,42)(H,41,43)/b20-17+. The predicted molar refractivity (Wildman–Crippen MR) is 172 cm³/mol. The number of carbonyl (C=O) groups is 3. The molecule has 45 heavy (non-hydrogen) atoms. The molecule has 2 N–H and O–H groups in total. The van der Waals surface area contributed by atoms with Gasteiger partial charge in [-0.05, 0) is 66.6 Å². The van der Waals surface area contributed by atoms with E-state index in [0.29, 0.717) is 22.5 Å². The average Bonchev–Trinajstić information content (AvgIpc) is 3.51. The van der Waals surface area contributed by atoms with Crippen molar-refractivity contribution < 1.29 is 27.6 Å². The number of halogens is 3. The Morgan fingerprint density at radius 2 is 1.51 bits per heavy atom. The lowest BCUT2D eigenvalue weighted by Crippen LogP contribution is -2.18. The number of hydrogen-bond donors (Lipinski definition) is 2. The van der Waals surface area contributed by atoms with Crippen LogP contribution in [0.15, 0.2) is 115 Å². The molecule has 0 bridgehead atoms. The molecule has 0 aliphatic rings. The normalized spacial score (nSPS) is 11.4. The Morgan fingerprint density at radius 1 is 0.800 bits per heavy atom. The molecule has 226 valence electrons. The molecule has 0 fully saturated rings. The third-order valence-electron chi connectivity index (χ3n) is 6.85. The van der Waals surface area contributed by atoms with Crippen molar-refractivity contribution in [1.29, 1.82) is 0 Å². The number of ketones is 1. The molecule has 4 aromatic carbocycles. The molecule has 5 aromatic rings. The third-order valence-corrected chi connectivity index (χ3v) is 7.95. The number of amides is 2. The number of hydrogen-bond acceptors (Lipinski definition) is 4. The van der Waals surface area contributed by atoms with Crippen LogP contribution in [0.3, 0.4) is 0 Å². The fourth-order valence-electron chi connectivity index (χ4n) is 4.51. The van der Waals surface area contributed by atoms with Crippen LogP contribution < -0.4 is 10.6 Å². The molecular formula is C36H27F3N2O3S. The average molecular weight is 625 g/mol. The SMILES string of the molecule is Cc1ccc(CC(=O)Nc2ccc(NC(=O)/C=C/c3ccc(-c4ccc(C(F)(F)F)cc4)s3)cc2C(=O)c2ccccc2)cc1. The van der Waals surface area contributed by atoms with Gasteiger partial charge in [-0.3, -0.25) is 14.4 Å². The lowest BCUT2D eigenvalue weighted by atomic mass is 10.0. The van der Waals surface area contributed by atoms with Gasteiger partial charge in [-0.2, -0.15) is 13.2 Å². The fourth-order valence-corrected chi connectivity index (χ4v) is 5.43. The molecule has 1 heterocycles. The zero-order chi connectivity index (χ0) is 32.0. The van der Waals surface area contributed by atoms with E-state index in [4.69, 9.17) is 0 Å². The Kier molecular flexibility index (Phi) is 9.39. The van der Waals surface area contributed by atoms with Crippen LogP contribution in [0.25, 0.3) is 16.5 Å². The van der Waals surface area contributed by atoms with Crippen LogP contribution in [0, 0.1) is 6.92 Å². The van der Waals surface area contributed by atoms with E-state index in [1.165, 1.54) is 35.6 Å². The van der Waals surface area contributed by atoms with Crippen molar-refractivity contribution >= 4 is 46.4 Å². The molecular weight excluding hydrogens is 597 g/mol. The van der Waals surface area contributed by atoms with Crippen molar-refractivity contribution in [3.8, 4) is 10.4 Å². The van der Waals surface area contributed by atoms with E-state index in [2.05, 4.69) is 10.6 Å².